The molecule has 0 atom stereocenters. The lowest BCUT2D eigenvalue weighted by molar-refractivity contribution is 0.396. The van der Waals surface area contributed by atoms with E-state index in [1.54, 1.807) is 18.3 Å². The molecule has 2 aromatic carbocycles. The molecular formula is C26H23N7O3. The first kappa shape index (κ1) is 22.8. The third-order valence-electron chi connectivity index (χ3n) is 5.43. The van der Waals surface area contributed by atoms with Gasteiger partial charge in [0.25, 0.3) is 0 Å². The number of nitrogen functional groups attached to an aromatic ring is 1. The first-order valence-corrected chi connectivity index (χ1v) is 11.2. The number of pyridine rings is 1. The lowest BCUT2D eigenvalue weighted by Gasteiger charge is -2.15. The molecule has 2 aromatic heterocycles. The van der Waals surface area contributed by atoms with Gasteiger partial charge < -0.3 is 25.2 Å². The molecule has 0 saturated heterocycles. The molecule has 4 N–H and O–H groups in total. The summed E-state index contributed by atoms with van der Waals surface area (Å²) in [6, 6.07) is 18.9. The van der Waals surface area contributed by atoms with Gasteiger partial charge in [0.15, 0.2) is 17.3 Å². The summed E-state index contributed by atoms with van der Waals surface area (Å²) >= 11 is 0. The van der Waals surface area contributed by atoms with Gasteiger partial charge in [-0.15, -0.1) is 0 Å². The number of phenolic OH excluding ortho intramolecular Hbond substituents is 1. The van der Waals surface area contributed by atoms with Crippen LogP contribution in [0.1, 0.15) is 11.1 Å². The van der Waals surface area contributed by atoms with E-state index in [1.165, 1.54) is 24.3 Å². The topological polar surface area (TPSA) is 143 Å². The molecule has 36 heavy (non-hydrogen) atoms. The highest BCUT2D eigenvalue weighted by molar-refractivity contribution is 6.00. The highest BCUT2D eigenvalue weighted by Crippen LogP contribution is 2.33. The zero-order valence-electron chi connectivity index (χ0n) is 19.4. The predicted octanol–water partition coefficient (Wildman–Crippen LogP) is 3.80. The second kappa shape index (κ2) is 9.71. The standard InChI is InChI=1S/C26H23N7O3/c1-33-12-11-30-26(33)17-5-4-6-18(13-17)35-22-15-23(32-25(31-22)19-7-2-3-10-29-19)36-21-14-16(24(27)28)8-9-20(21)34/h2-10,13-15,34H,11-12H2,1H3,(H3,27,28). The Bertz CT molecular complexity index is 1460. The Kier molecular flexibility index (Phi) is 6.14. The number of amidine groups is 2. The van der Waals surface area contributed by atoms with E-state index >= 15 is 0 Å². The molecule has 180 valence electrons. The van der Waals surface area contributed by atoms with Crippen LogP contribution in [-0.2, 0) is 0 Å². The minimum Gasteiger partial charge on any atom is -0.504 e. The smallest absolute Gasteiger partial charge is 0.226 e. The van der Waals surface area contributed by atoms with Crippen molar-refractivity contribution in [2.75, 3.05) is 20.1 Å². The van der Waals surface area contributed by atoms with E-state index in [0.29, 0.717) is 17.0 Å². The van der Waals surface area contributed by atoms with Gasteiger partial charge in [0.05, 0.1) is 12.6 Å². The van der Waals surface area contributed by atoms with Crippen LogP contribution >= 0.6 is 0 Å². The quantitative estimate of drug-likeness (QED) is 0.267. The number of likely N-dealkylation sites (N-methyl/N-ethyl adjacent to an activating group) is 1. The predicted molar refractivity (Wildman–Crippen MR) is 135 cm³/mol. The molecule has 0 aliphatic carbocycles. The second-order valence-corrected chi connectivity index (χ2v) is 8.04. The molecule has 4 aromatic rings. The van der Waals surface area contributed by atoms with E-state index < -0.39 is 0 Å². The van der Waals surface area contributed by atoms with Crippen LogP contribution in [0.25, 0.3) is 11.5 Å². The van der Waals surface area contributed by atoms with Gasteiger partial charge in [-0.2, -0.15) is 9.97 Å². The number of ether oxygens (including phenoxy) is 2. The van der Waals surface area contributed by atoms with Crippen LogP contribution in [0, 0.1) is 5.41 Å². The second-order valence-electron chi connectivity index (χ2n) is 8.04. The van der Waals surface area contributed by atoms with Gasteiger partial charge in [-0.05, 0) is 42.5 Å². The number of hydrogen-bond acceptors (Lipinski definition) is 9. The molecule has 10 heteroatoms. The lowest BCUT2D eigenvalue weighted by Crippen LogP contribution is -2.23. The maximum Gasteiger partial charge on any atom is 0.226 e. The van der Waals surface area contributed by atoms with Crippen molar-refractivity contribution in [2.45, 2.75) is 0 Å². The van der Waals surface area contributed by atoms with Gasteiger partial charge in [-0.25, -0.2) is 0 Å². The summed E-state index contributed by atoms with van der Waals surface area (Å²) in [6.45, 7) is 1.63. The molecule has 1 aliphatic rings. The van der Waals surface area contributed by atoms with Crippen molar-refractivity contribution in [1.82, 2.24) is 19.9 Å². The number of rotatable bonds is 7. The van der Waals surface area contributed by atoms with Gasteiger partial charge in [0.1, 0.15) is 23.1 Å². The van der Waals surface area contributed by atoms with E-state index in [4.69, 9.17) is 20.6 Å². The fraction of sp³-hybridized carbons (Fsp3) is 0.115. The molecule has 3 heterocycles. The Balaban J connectivity index is 1.51. The third-order valence-corrected chi connectivity index (χ3v) is 5.43. The number of phenols is 1. The highest BCUT2D eigenvalue weighted by atomic mass is 16.5. The Morgan fingerprint density at radius 1 is 1.00 bits per heavy atom. The average molecular weight is 482 g/mol. The Labute approximate surface area is 207 Å². The van der Waals surface area contributed by atoms with Crippen LogP contribution in [0.3, 0.4) is 0 Å². The van der Waals surface area contributed by atoms with Crippen molar-refractivity contribution < 1.29 is 14.6 Å². The van der Waals surface area contributed by atoms with Crippen molar-refractivity contribution in [3.63, 3.8) is 0 Å². The van der Waals surface area contributed by atoms with Crippen LogP contribution in [0.15, 0.2) is 77.9 Å². The zero-order chi connectivity index (χ0) is 25.1. The lowest BCUT2D eigenvalue weighted by atomic mass is 10.2. The summed E-state index contributed by atoms with van der Waals surface area (Å²) in [5.41, 5.74) is 7.44. The molecule has 0 saturated carbocycles. The number of aromatic nitrogens is 3. The van der Waals surface area contributed by atoms with Crippen LogP contribution in [0.5, 0.6) is 29.0 Å². The number of hydrogen-bond donors (Lipinski definition) is 3. The van der Waals surface area contributed by atoms with Crippen molar-refractivity contribution in [3.8, 4) is 40.5 Å². The molecular weight excluding hydrogens is 458 g/mol. The molecule has 0 amide bonds. The summed E-state index contributed by atoms with van der Waals surface area (Å²) in [4.78, 5) is 19.9. The molecule has 0 unspecified atom stereocenters. The summed E-state index contributed by atoms with van der Waals surface area (Å²) in [6.07, 6.45) is 1.64. The Hall–Kier alpha value is -4.99. The monoisotopic (exact) mass is 481 g/mol. The summed E-state index contributed by atoms with van der Waals surface area (Å²) in [5, 5.41) is 17.9. The van der Waals surface area contributed by atoms with E-state index in [2.05, 4.69) is 24.8 Å². The van der Waals surface area contributed by atoms with Crippen LogP contribution in [0.2, 0.25) is 0 Å². The highest BCUT2D eigenvalue weighted by Gasteiger charge is 2.17. The molecule has 5 rings (SSSR count). The van der Waals surface area contributed by atoms with Gasteiger partial charge in [-0.3, -0.25) is 15.4 Å². The number of nitrogens with one attached hydrogen (secondary N) is 1. The fourth-order valence-electron chi connectivity index (χ4n) is 3.66. The Morgan fingerprint density at radius 3 is 2.56 bits per heavy atom. The molecule has 1 aliphatic heterocycles. The SMILES string of the molecule is CN1CCN=C1c1cccc(Oc2cc(Oc3cc(C(=N)N)ccc3O)nc(-c3ccccn3)n2)c1. The molecule has 0 spiro atoms. The first-order chi connectivity index (χ1) is 17.5. The Morgan fingerprint density at radius 2 is 1.83 bits per heavy atom. The van der Waals surface area contributed by atoms with E-state index in [0.717, 1.165) is 24.5 Å². The van der Waals surface area contributed by atoms with Gasteiger partial charge in [0, 0.05) is 30.9 Å². The minimum absolute atomic E-state index is 0.0867. The number of nitrogens with two attached hydrogens (primary N) is 1. The van der Waals surface area contributed by atoms with Crippen LogP contribution in [0.4, 0.5) is 0 Å². The van der Waals surface area contributed by atoms with Gasteiger partial charge in [-0.1, -0.05) is 18.2 Å². The van der Waals surface area contributed by atoms with Gasteiger partial charge >= 0.3 is 0 Å². The third kappa shape index (κ3) is 4.92. The largest absolute Gasteiger partial charge is 0.504 e. The number of benzene rings is 2. The average Bonchev–Trinajstić information content (AvgIpc) is 3.31. The summed E-state index contributed by atoms with van der Waals surface area (Å²) in [5.74, 6) is 1.89. The maximum atomic E-state index is 10.3. The van der Waals surface area contributed by atoms with Crippen molar-refractivity contribution in [3.05, 3.63) is 84.1 Å². The minimum atomic E-state index is -0.155. The summed E-state index contributed by atoms with van der Waals surface area (Å²) in [7, 11) is 2.00. The number of nitrogens with zero attached hydrogens (tertiary/aromatic N) is 5. The van der Waals surface area contributed by atoms with Crippen LogP contribution < -0.4 is 15.2 Å². The van der Waals surface area contributed by atoms with Crippen molar-refractivity contribution in [1.29, 1.82) is 5.41 Å². The zero-order valence-corrected chi connectivity index (χ0v) is 19.4. The molecule has 10 nitrogen and oxygen atoms in total. The van der Waals surface area contributed by atoms with E-state index in [9.17, 15) is 5.11 Å². The molecule has 0 bridgehead atoms. The summed E-state index contributed by atoms with van der Waals surface area (Å²) < 4.78 is 12.0. The normalized spacial score (nSPS) is 12.8. The first-order valence-electron chi connectivity index (χ1n) is 11.2. The van der Waals surface area contributed by atoms with E-state index in [1.807, 2.05) is 37.4 Å². The van der Waals surface area contributed by atoms with E-state index in [-0.39, 0.29) is 34.9 Å². The van der Waals surface area contributed by atoms with Gasteiger partial charge in [0.2, 0.25) is 11.8 Å². The molecule has 0 radical (unpaired) electrons. The van der Waals surface area contributed by atoms with Crippen molar-refractivity contribution >= 4 is 11.7 Å². The maximum absolute atomic E-state index is 10.3. The number of aliphatic imine (C=N–C) groups is 1. The van der Waals surface area contributed by atoms with Crippen LogP contribution in [-0.4, -0.2) is 56.8 Å². The number of aromatic hydroxyl groups is 1. The van der Waals surface area contributed by atoms with Crippen molar-refractivity contribution in [2.24, 2.45) is 10.7 Å². The fourth-order valence-corrected chi connectivity index (χ4v) is 3.66. The molecule has 0 fully saturated rings.